The van der Waals surface area contributed by atoms with Gasteiger partial charge in [-0.25, -0.2) is 13.1 Å². The molecule has 172 valence electrons. The Hall–Kier alpha value is -2.63. The third-order valence-electron chi connectivity index (χ3n) is 4.69. The van der Waals surface area contributed by atoms with E-state index >= 15 is 0 Å². The summed E-state index contributed by atoms with van der Waals surface area (Å²) in [5.41, 5.74) is 0.703. The monoisotopic (exact) mass is 477 g/mol. The maximum absolute atomic E-state index is 12.6. The molecule has 0 radical (unpaired) electrons. The quantitative estimate of drug-likeness (QED) is 0.412. The first-order valence-corrected chi connectivity index (χ1v) is 13.1. The van der Waals surface area contributed by atoms with Gasteiger partial charge in [0.2, 0.25) is 15.9 Å². The molecule has 0 aliphatic rings. The van der Waals surface area contributed by atoms with E-state index in [0.29, 0.717) is 30.2 Å². The number of carbonyl (C=O) groups is 1. The van der Waals surface area contributed by atoms with E-state index in [4.69, 9.17) is 4.74 Å². The van der Waals surface area contributed by atoms with Gasteiger partial charge in [0.25, 0.3) is 0 Å². The second kappa shape index (κ2) is 11.3. The minimum atomic E-state index is -3.72. The number of aromatic nitrogens is 3. The summed E-state index contributed by atoms with van der Waals surface area (Å²) < 4.78 is 34.6. The van der Waals surface area contributed by atoms with Gasteiger partial charge in [-0.15, -0.1) is 10.2 Å². The molecule has 3 rings (SSSR count). The summed E-state index contributed by atoms with van der Waals surface area (Å²) in [5.74, 6) is 1.82. The number of hydrogen-bond donors (Lipinski definition) is 2. The number of pyridine rings is 1. The average molecular weight is 478 g/mol. The summed E-state index contributed by atoms with van der Waals surface area (Å²) in [6, 6.07) is 11.4. The van der Waals surface area contributed by atoms with E-state index in [1.807, 2.05) is 42.0 Å². The van der Waals surface area contributed by atoms with Crippen LogP contribution in [0.2, 0.25) is 0 Å². The molecule has 1 aromatic carbocycles. The molecule has 9 nitrogen and oxygen atoms in total. The number of rotatable bonds is 12. The largest absolute Gasteiger partial charge is 0.494 e. The normalized spacial score (nSPS) is 12.6. The topological polar surface area (TPSA) is 115 Å². The standard InChI is InChI=1S/C21H27N5O4S2/c1-3-30-16-7-9-17(10-8-16)32(28,29)22-13-11-20(27)23-18(12-15-31-2)21-25-24-19-6-4-5-14-26(19)21/h4-10,14,18,22H,3,11-13,15H2,1-2H3,(H,23,27). The van der Waals surface area contributed by atoms with Crippen LogP contribution in [0.5, 0.6) is 5.75 Å². The molecule has 0 saturated carbocycles. The van der Waals surface area contributed by atoms with Crippen molar-refractivity contribution < 1.29 is 17.9 Å². The van der Waals surface area contributed by atoms with Crippen LogP contribution >= 0.6 is 11.8 Å². The summed E-state index contributed by atoms with van der Waals surface area (Å²) in [4.78, 5) is 12.7. The molecule has 3 aromatic rings. The number of nitrogens with zero attached hydrogens (tertiary/aromatic N) is 3. The van der Waals surface area contributed by atoms with Crippen LogP contribution < -0.4 is 14.8 Å². The lowest BCUT2D eigenvalue weighted by atomic mass is 10.2. The lowest BCUT2D eigenvalue weighted by Crippen LogP contribution is -2.34. The van der Waals surface area contributed by atoms with Gasteiger partial charge in [0.1, 0.15) is 5.75 Å². The molecule has 1 amide bonds. The zero-order chi connectivity index (χ0) is 23.0. The maximum Gasteiger partial charge on any atom is 0.240 e. The predicted octanol–water partition coefficient (Wildman–Crippen LogP) is 2.41. The Kier molecular flexibility index (Phi) is 8.48. The highest BCUT2D eigenvalue weighted by molar-refractivity contribution is 7.98. The van der Waals surface area contributed by atoms with Crippen molar-refractivity contribution >= 4 is 33.3 Å². The van der Waals surface area contributed by atoms with Crippen LogP contribution in [0.1, 0.15) is 31.6 Å². The second-order valence-corrected chi connectivity index (χ2v) is 9.69. The van der Waals surface area contributed by atoms with Gasteiger partial charge in [-0.05, 0) is 61.8 Å². The van der Waals surface area contributed by atoms with E-state index in [9.17, 15) is 13.2 Å². The molecule has 1 unspecified atom stereocenters. The molecular weight excluding hydrogens is 450 g/mol. The highest BCUT2D eigenvalue weighted by Crippen LogP contribution is 2.19. The van der Waals surface area contributed by atoms with Gasteiger partial charge in [0.15, 0.2) is 11.5 Å². The van der Waals surface area contributed by atoms with Crippen molar-refractivity contribution in [3.63, 3.8) is 0 Å². The molecule has 1 atom stereocenters. The van der Waals surface area contributed by atoms with E-state index in [-0.39, 0.29) is 29.8 Å². The Morgan fingerprint density at radius 1 is 1.19 bits per heavy atom. The van der Waals surface area contributed by atoms with E-state index in [1.165, 1.54) is 12.1 Å². The van der Waals surface area contributed by atoms with Crippen LogP contribution in [0, 0.1) is 0 Å². The van der Waals surface area contributed by atoms with Gasteiger partial charge < -0.3 is 10.1 Å². The third-order valence-corrected chi connectivity index (χ3v) is 6.81. The Morgan fingerprint density at radius 3 is 2.69 bits per heavy atom. The van der Waals surface area contributed by atoms with Crippen LogP contribution in [-0.4, -0.2) is 54.1 Å². The number of sulfonamides is 1. The molecule has 2 heterocycles. The SMILES string of the molecule is CCOc1ccc(S(=O)(=O)NCCC(=O)NC(CCSC)c2nnc3ccccn23)cc1. The van der Waals surface area contributed by atoms with Gasteiger partial charge >= 0.3 is 0 Å². The minimum Gasteiger partial charge on any atom is -0.494 e. The average Bonchev–Trinajstić information content (AvgIpc) is 3.21. The summed E-state index contributed by atoms with van der Waals surface area (Å²) >= 11 is 1.67. The fourth-order valence-electron chi connectivity index (χ4n) is 3.13. The molecular formula is C21H27N5O4S2. The lowest BCUT2D eigenvalue weighted by Gasteiger charge is -2.17. The second-order valence-electron chi connectivity index (χ2n) is 6.94. The lowest BCUT2D eigenvalue weighted by molar-refractivity contribution is -0.121. The van der Waals surface area contributed by atoms with Crippen molar-refractivity contribution in [3.8, 4) is 5.75 Å². The Bertz CT molecular complexity index is 1130. The number of nitrogens with one attached hydrogen (secondary N) is 2. The number of amides is 1. The molecule has 0 spiro atoms. The highest BCUT2D eigenvalue weighted by Gasteiger charge is 2.21. The zero-order valence-corrected chi connectivity index (χ0v) is 19.7. The van der Waals surface area contributed by atoms with Crippen molar-refractivity contribution in [2.45, 2.75) is 30.7 Å². The number of thioether (sulfide) groups is 1. The van der Waals surface area contributed by atoms with Crippen molar-refractivity contribution in [2.75, 3.05) is 25.2 Å². The number of carbonyl (C=O) groups excluding carboxylic acids is 1. The Labute approximate surface area is 192 Å². The first kappa shape index (κ1) is 24.0. The van der Waals surface area contributed by atoms with E-state index in [0.717, 1.165) is 5.75 Å². The van der Waals surface area contributed by atoms with Crippen molar-refractivity contribution in [2.24, 2.45) is 0 Å². The fourth-order valence-corrected chi connectivity index (χ4v) is 4.63. The zero-order valence-electron chi connectivity index (χ0n) is 18.0. The van der Waals surface area contributed by atoms with Gasteiger partial charge in [-0.1, -0.05) is 6.07 Å². The fraction of sp³-hybridized carbons (Fsp3) is 0.381. The van der Waals surface area contributed by atoms with Crippen molar-refractivity contribution in [1.29, 1.82) is 0 Å². The molecule has 0 fully saturated rings. The smallest absolute Gasteiger partial charge is 0.240 e. The molecule has 0 saturated heterocycles. The van der Waals surface area contributed by atoms with Crippen molar-refractivity contribution in [3.05, 3.63) is 54.5 Å². The van der Waals surface area contributed by atoms with Crippen LogP contribution in [0.3, 0.4) is 0 Å². The van der Waals surface area contributed by atoms with Crippen molar-refractivity contribution in [1.82, 2.24) is 24.6 Å². The van der Waals surface area contributed by atoms with E-state index in [2.05, 4.69) is 20.2 Å². The number of benzene rings is 1. The summed E-state index contributed by atoms with van der Waals surface area (Å²) in [6.07, 6.45) is 4.54. The maximum atomic E-state index is 12.6. The number of ether oxygens (including phenoxy) is 1. The number of fused-ring (bicyclic) bond motifs is 1. The van der Waals surface area contributed by atoms with E-state index < -0.39 is 10.0 Å². The van der Waals surface area contributed by atoms with Gasteiger partial charge in [0, 0.05) is 19.2 Å². The minimum absolute atomic E-state index is 0.00274. The summed E-state index contributed by atoms with van der Waals surface area (Å²) in [5, 5.41) is 11.4. The van der Waals surface area contributed by atoms with Crippen LogP contribution in [0.15, 0.2) is 53.6 Å². The molecule has 2 aromatic heterocycles. The Morgan fingerprint density at radius 2 is 1.97 bits per heavy atom. The van der Waals surface area contributed by atoms with Crippen LogP contribution in [-0.2, 0) is 14.8 Å². The van der Waals surface area contributed by atoms with Gasteiger partial charge in [0.05, 0.1) is 17.5 Å². The highest BCUT2D eigenvalue weighted by atomic mass is 32.2. The Balaban J connectivity index is 1.59. The molecule has 0 aliphatic carbocycles. The molecule has 2 N–H and O–H groups in total. The van der Waals surface area contributed by atoms with Gasteiger partial charge in [-0.2, -0.15) is 11.8 Å². The van der Waals surface area contributed by atoms with Crippen LogP contribution in [0.25, 0.3) is 5.65 Å². The van der Waals surface area contributed by atoms with E-state index in [1.54, 1.807) is 23.9 Å². The summed E-state index contributed by atoms with van der Waals surface area (Å²) in [7, 11) is -3.72. The first-order valence-electron chi connectivity index (χ1n) is 10.2. The third kappa shape index (κ3) is 6.21. The predicted molar refractivity (Wildman–Crippen MR) is 124 cm³/mol. The first-order chi connectivity index (χ1) is 15.4. The van der Waals surface area contributed by atoms with Crippen LogP contribution in [0.4, 0.5) is 0 Å². The summed E-state index contributed by atoms with van der Waals surface area (Å²) in [6.45, 7) is 2.34. The molecule has 11 heteroatoms. The number of hydrogen-bond acceptors (Lipinski definition) is 7. The molecule has 0 bridgehead atoms. The molecule has 0 aliphatic heterocycles. The molecule has 32 heavy (non-hydrogen) atoms. The van der Waals surface area contributed by atoms with Gasteiger partial charge in [-0.3, -0.25) is 9.20 Å².